The lowest BCUT2D eigenvalue weighted by Gasteiger charge is -2.08. The SMILES string of the molecule is Cc1cc(CC(=O)NS(=O)(=O)c2cc(Cl)c(Cl)s2)n(-c2ccccc2)n1. The van der Waals surface area contributed by atoms with Gasteiger partial charge in [-0.1, -0.05) is 41.4 Å². The van der Waals surface area contributed by atoms with E-state index in [1.165, 1.54) is 6.07 Å². The quantitative estimate of drug-likeness (QED) is 0.671. The van der Waals surface area contributed by atoms with Crippen LogP contribution in [0.15, 0.2) is 46.7 Å². The normalized spacial score (nSPS) is 11.5. The maximum Gasteiger partial charge on any atom is 0.273 e. The van der Waals surface area contributed by atoms with Crippen LogP contribution < -0.4 is 4.72 Å². The lowest BCUT2D eigenvalue weighted by molar-refractivity contribution is -0.118. The van der Waals surface area contributed by atoms with E-state index in [9.17, 15) is 13.2 Å². The number of carbonyl (C=O) groups is 1. The van der Waals surface area contributed by atoms with Crippen LogP contribution in [0.25, 0.3) is 5.69 Å². The number of benzene rings is 1. The summed E-state index contributed by atoms with van der Waals surface area (Å²) in [5.41, 5.74) is 2.07. The van der Waals surface area contributed by atoms with Crippen LogP contribution in [-0.2, 0) is 21.2 Å². The highest BCUT2D eigenvalue weighted by molar-refractivity contribution is 7.92. The van der Waals surface area contributed by atoms with E-state index in [2.05, 4.69) is 5.10 Å². The smallest absolute Gasteiger partial charge is 0.273 e. The summed E-state index contributed by atoms with van der Waals surface area (Å²) in [4.78, 5) is 12.3. The molecule has 0 aliphatic heterocycles. The zero-order chi connectivity index (χ0) is 18.9. The molecule has 0 spiro atoms. The van der Waals surface area contributed by atoms with E-state index >= 15 is 0 Å². The molecule has 0 bridgehead atoms. The average molecular weight is 430 g/mol. The van der Waals surface area contributed by atoms with E-state index < -0.39 is 15.9 Å². The number of amides is 1. The first-order valence-corrected chi connectivity index (χ1v) is 10.4. The number of aromatic nitrogens is 2. The van der Waals surface area contributed by atoms with Gasteiger partial charge < -0.3 is 0 Å². The molecule has 3 rings (SSSR count). The van der Waals surface area contributed by atoms with Gasteiger partial charge in [-0.15, -0.1) is 11.3 Å². The lowest BCUT2D eigenvalue weighted by atomic mass is 10.2. The molecule has 10 heteroatoms. The fraction of sp³-hybridized carbons (Fsp3) is 0.125. The summed E-state index contributed by atoms with van der Waals surface area (Å²) < 4.78 is 28.3. The van der Waals surface area contributed by atoms with Crippen molar-refractivity contribution in [1.82, 2.24) is 14.5 Å². The summed E-state index contributed by atoms with van der Waals surface area (Å²) in [6, 6.07) is 12.2. The molecule has 0 radical (unpaired) electrons. The van der Waals surface area contributed by atoms with Crippen molar-refractivity contribution in [3.8, 4) is 5.69 Å². The minimum Gasteiger partial charge on any atom is -0.274 e. The maximum absolute atomic E-state index is 12.3. The van der Waals surface area contributed by atoms with Crippen LogP contribution in [-0.4, -0.2) is 24.1 Å². The Kier molecular flexibility index (Phi) is 5.38. The molecule has 3 aromatic rings. The van der Waals surface area contributed by atoms with Crippen molar-refractivity contribution in [2.45, 2.75) is 17.6 Å². The number of aryl methyl sites for hydroxylation is 1. The van der Waals surface area contributed by atoms with E-state index in [-0.39, 0.29) is 20.0 Å². The van der Waals surface area contributed by atoms with Crippen molar-refractivity contribution in [3.63, 3.8) is 0 Å². The molecule has 6 nitrogen and oxygen atoms in total. The molecule has 0 aliphatic rings. The number of thiophene rings is 1. The number of nitrogens with one attached hydrogen (secondary N) is 1. The van der Waals surface area contributed by atoms with Gasteiger partial charge in [-0.25, -0.2) is 17.8 Å². The third-order valence-corrected chi connectivity index (χ3v) is 7.10. The van der Waals surface area contributed by atoms with Gasteiger partial charge in [-0.05, 0) is 31.2 Å². The first-order chi connectivity index (χ1) is 12.3. The summed E-state index contributed by atoms with van der Waals surface area (Å²) in [5.74, 6) is -0.678. The van der Waals surface area contributed by atoms with Gasteiger partial charge >= 0.3 is 0 Å². The van der Waals surface area contributed by atoms with Gasteiger partial charge in [0.2, 0.25) is 5.91 Å². The Hall–Kier alpha value is -1.87. The molecule has 0 saturated carbocycles. The highest BCUT2D eigenvalue weighted by Crippen LogP contribution is 2.34. The number of sulfonamides is 1. The molecule has 1 amide bonds. The molecule has 0 saturated heterocycles. The van der Waals surface area contributed by atoms with Gasteiger partial charge in [-0.3, -0.25) is 4.79 Å². The molecule has 0 aliphatic carbocycles. The van der Waals surface area contributed by atoms with Gasteiger partial charge in [-0.2, -0.15) is 5.10 Å². The Morgan fingerprint density at radius 2 is 1.92 bits per heavy atom. The van der Waals surface area contributed by atoms with Crippen LogP contribution in [0.1, 0.15) is 11.4 Å². The standard InChI is InChI=1S/C16H13Cl2N3O3S2/c1-10-7-12(21(19-10)11-5-3-2-4-6-11)8-14(22)20-26(23,24)15-9-13(17)16(18)25-15/h2-7,9H,8H2,1H3,(H,20,22). The first-order valence-electron chi connectivity index (χ1n) is 7.38. The zero-order valence-corrected chi connectivity index (χ0v) is 16.6. The molecule has 26 heavy (non-hydrogen) atoms. The summed E-state index contributed by atoms with van der Waals surface area (Å²) in [6.07, 6.45) is -0.151. The summed E-state index contributed by atoms with van der Waals surface area (Å²) >= 11 is 12.4. The number of halogens is 2. The van der Waals surface area contributed by atoms with Crippen molar-refractivity contribution in [2.24, 2.45) is 0 Å². The lowest BCUT2D eigenvalue weighted by Crippen LogP contribution is -2.31. The average Bonchev–Trinajstić information content (AvgIpc) is 3.11. The van der Waals surface area contributed by atoms with Crippen LogP contribution in [0.5, 0.6) is 0 Å². The second-order valence-corrected chi connectivity index (χ2v) is 9.39. The molecule has 0 fully saturated rings. The van der Waals surface area contributed by atoms with Crippen molar-refractivity contribution >= 4 is 50.5 Å². The predicted octanol–water partition coefficient (Wildman–Crippen LogP) is 3.60. The highest BCUT2D eigenvalue weighted by Gasteiger charge is 2.23. The van der Waals surface area contributed by atoms with Crippen molar-refractivity contribution < 1.29 is 13.2 Å². The number of hydrogen-bond acceptors (Lipinski definition) is 5. The van der Waals surface area contributed by atoms with E-state index in [1.807, 2.05) is 35.1 Å². The Morgan fingerprint density at radius 3 is 2.54 bits per heavy atom. The summed E-state index contributed by atoms with van der Waals surface area (Å²) in [7, 11) is -4.03. The van der Waals surface area contributed by atoms with E-state index in [4.69, 9.17) is 23.2 Å². The van der Waals surface area contributed by atoms with Gasteiger partial charge in [0.25, 0.3) is 10.0 Å². The van der Waals surface area contributed by atoms with Crippen LogP contribution in [0.4, 0.5) is 0 Å². The minimum absolute atomic E-state index is 0.117. The second-order valence-electron chi connectivity index (χ2n) is 5.42. The number of carbonyl (C=O) groups excluding carboxylic acids is 1. The van der Waals surface area contributed by atoms with Crippen LogP contribution in [0.2, 0.25) is 9.36 Å². The van der Waals surface area contributed by atoms with Gasteiger partial charge in [0, 0.05) is 0 Å². The number of hydrogen-bond donors (Lipinski definition) is 1. The Labute approximate surface area is 164 Å². The maximum atomic E-state index is 12.3. The molecule has 0 unspecified atom stereocenters. The minimum atomic E-state index is -4.03. The first kappa shape index (κ1) is 18.9. The Balaban J connectivity index is 1.81. The fourth-order valence-electron chi connectivity index (χ4n) is 2.33. The summed E-state index contributed by atoms with van der Waals surface area (Å²) in [5, 5.41) is 4.48. The molecular formula is C16H13Cl2N3O3S2. The van der Waals surface area contributed by atoms with Crippen LogP contribution in [0, 0.1) is 6.92 Å². The highest BCUT2D eigenvalue weighted by atomic mass is 35.5. The Morgan fingerprint density at radius 1 is 1.23 bits per heavy atom. The molecule has 1 aromatic carbocycles. The topological polar surface area (TPSA) is 81.1 Å². The second kappa shape index (κ2) is 7.40. The van der Waals surface area contributed by atoms with Crippen molar-refractivity contribution in [2.75, 3.05) is 0 Å². The van der Waals surface area contributed by atoms with Gasteiger partial charge in [0.05, 0.1) is 28.5 Å². The number of para-hydroxylation sites is 1. The molecule has 136 valence electrons. The fourth-order valence-corrected chi connectivity index (χ4v) is 5.20. The molecule has 1 N–H and O–H groups in total. The third-order valence-electron chi connectivity index (χ3n) is 3.38. The van der Waals surface area contributed by atoms with Crippen molar-refractivity contribution in [3.05, 3.63) is 63.2 Å². The van der Waals surface area contributed by atoms with Crippen LogP contribution in [0.3, 0.4) is 0 Å². The monoisotopic (exact) mass is 429 g/mol. The number of nitrogens with zero attached hydrogens (tertiary/aromatic N) is 2. The molecule has 2 aromatic heterocycles. The zero-order valence-electron chi connectivity index (χ0n) is 13.4. The van der Waals surface area contributed by atoms with Crippen LogP contribution >= 0.6 is 34.5 Å². The van der Waals surface area contributed by atoms with Gasteiger partial charge in [0.1, 0.15) is 8.55 Å². The van der Waals surface area contributed by atoms with E-state index in [0.29, 0.717) is 5.69 Å². The Bertz CT molecular complexity index is 1040. The van der Waals surface area contributed by atoms with Crippen molar-refractivity contribution in [1.29, 1.82) is 0 Å². The van der Waals surface area contributed by atoms with E-state index in [1.54, 1.807) is 17.7 Å². The largest absolute Gasteiger partial charge is 0.274 e. The predicted molar refractivity (Wildman–Crippen MR) is 102 cm³/mol. The molecule has 2 heterocycles. The molecular weight excluding hydrogens is 417 g/mol. The molecule has 0 atom stereocenters. The number of rotatable bonds is 5. The summed E-state index contributed by atoms with van der Waals surface area (Å²) in [6.45, 7) is 1.80. The van der Waals surface area contributed by atoms with E-state index in [0.717, 1.165) is 22.7 Å². The van der Waals surface area contributed by atoms with Gasteiger partial charge in [0.15, 0.2) is 0 Å². The third kappa shape index (κ3) is 4.09.